The molecule has 0 saturated carbocycles. The first kappa shape index (κ1) is 57.4. The van der Waals surface area contributed by atoms with Crippen molar-refractivity contribution in [3.05, 3.63) is 104 Å². The zero-order chi connectivity index (χ0) is 58.4. The Morgan fingerprint density at radius 1 is 0.878 bits per heavy atom. The second kappa shape index (κ2) is 23.2. The maximum absolute atomic E-state index is 16.5. The number of imide groups is 1. The highest BCUT2D eigenvalue weighted by molar-refractivity contribution is 7.82. The summed E-state index contributed by atoms with van der Waals surface area (Å²) >= 11 is 0. The predicted molar refractivity (Wildman–Crippen MR) is 272 cm³/mol. The number of ether oxygens (including phenoxy) is 6. The minimum absolute atomic E-state index is 0.0000313. The van der Waals surface area contributed by atoms with Gasteiger partial charge in [-0.2, -0.15) is 0 Å². The fraction of sp³-hybridized carbons (Fsp3) is 0.442. The average Bonchev–Trinajstić information content (AvgIpc) is 3.40. The molecule has 1 aliphatic carbocycles. The number of aromatic nitrogens is 5. The number of aliphatic hydroxyl groups is 4. The topological polar surface area (TPSA) is 367 Å². The van der Waals surface area contributed by atoms with Gasteiger partial charge in [-0.3, -0.25) is 24.1 Å². The molecular formula is C52H54FN7O21S. The summed E-state index contributed by atoms with van der Waals surface area (Å²) in [5.74, 6) is -7.56. The molecule has 5 N–H and O–H groups in total. The summed E-state index contributed by atoms with van der Waals surface area (Å²) in [7, 11) is -4.03. The van der Waals surface area contributed by atoms with Crippen molar-refractivity contribution in [2.24, 2.45) is 0 Å². The highest BCUT2D eigenvalue weighted by Crippen LogP contribution is 2.45. The molecule has 1 unspecified atom stereocenters. The van der Waals surface area contributed by atoms with Crippen molar-refractivity contribution in [3.63, 3.8) is 0 Å². The molecule has 82 heavy (non-hydrogen) atoms. The van der Waals surface area contributed by atoms with E-state index in [1.165, 1.54) is 45.5 Å². The van der Waals surface area contributed by atoms with Crippen molar-refractivity contribution in [1.82, 2.24) is 34.3 Å². The first-order valence-electron chi connectivity index (χ1n) is 25.8. The number of benzene rings is 2. The van der Waals surface area contributed by atoms with Crippen LogP contribution in [0, 0.1) is 5.82 Å². The summed E-state index contributed by atoms with van der Waals surface area (Å²) in [6.45, 7) is 2.65. The molecule has 0 radical (unpaired) electrons. The van der Waals surface area contributed by atoms with E-state index in [9.17, 15) is 62.7 Å². The summed E-state index contributed by atoms with van der Waals surface area (Å²) in [5, 5.41) is 60.8. The lowest BCUT2D eigenvalue weighted by molar-refractivity contribution is -0.271. The Kier molecular flexibility index (Phi) is 16.3. The van der Waals surface area contributed by atoms with Crippen LogP contribution in [0.4, 0.5) is 4.39 Å². The normalized spacial score (nSPS) is 21.8. The predicted octanol–water partition coefficient (Wildman–Crippen LogP) is -0.480. The molecule has 6 atom stereocenters. The summed E-state index contributed by atoms with van der Waals surface area (Å²) < 4.78 is 91.1. The lowest BCUT2D eigenvalue weighted by Crippen LogP contribution is -2.61. The minimum atomic E-state index is -5.45. The van der Waals surface area contributed by atoms with Gasteiger partial charge in [0.15, 0.2) is 34.8 Å². The van der Waals surface area contributed by atoms with Gasteiger partial charge in [0.05, 0.1) is 87.9 Å². The van der Waals surface area contributed by atoms with Crippen LogP contribution in [-0.2, 0) is 97.9 Å². The van der Waals surface area contributed by atoms with E-state index in [4.69, 9.17) is 41.8 Å². The molecule has 3 aromatic heterocycles. The second-order valence-electron chi connectivity index (χ2n) is 19.7. The van der Waals surface area contributed by atoms with Gasteiger partial charge in [-0.1, -0.05) is 12.1 Å². The molecule has 5 aromatic rings. The van der Waals surface area contributed by atoms with Crippen LogP contribution in [0.15, 0.2) is 53.5 Å². The first-order chi connectivity index (χ1) is 39.2. The highest BCUT2D eigenvalue weighted by Gasteiger charge is 2.49. The number of carbonyl (C=O) groups is 5. The molecule has 7 heterocycles. The van der Waals surface area contributed by atoms with Crippen molar-refractivity contribution >= 4 is 51.0 Å². The summed E-state index contributed by atoms with van der Waals surface area (Å²) in [5.41, 5.74) is -0.260. The number of rotatable bonds is 23. The number of amides is 3. The molecule has 1 fully saturated rings. The largest absolute Gasteiger partial charge is 0.501 e. The molecule has 10 rings (SSSR count). The Hall–Kier alpha value is -7.81. The van der Waals surface area contributed by atoms with Crippen LogP contribution >= 0.6 is 0 Å². The van der Waals surface area contributed by atoms with Gasteiger partial charge in [0.1, 0.15) is 30.6 Å². The lowest BCUT2D eigenvalue weighted by Gasteiger charge is -2.38. The number of fused-ring (bicyclic) bond motifs is 5. The third-order valence-electron chi connectivity index (χ3n) is 14.5. The van der Waals surface area contributed by atoms with Crippen LogP contribution in [0.2, 0.25) is 0 Å². The molecule has 5 aliphatic rings. The van der Waals surface area contributed by atoms with E-state index in [0.29, 0.717) is 47.3 Å². The molecule has 436 valence electrons. The quantitative estimate of drug-likeness (QED) is 0.0307. The number of carboxylic acids is 1. The number of carboxylic acid groups (broad SMARTS) is 1. The molecule has 30 heteroatoms. The zero-order valence-corrected chi connectivity index (χ0v) is 44.6. The number of halogens is 1. The van der Waals surface area contributed by atoms with Crippen molar-refractivity contribution in [1.29, 1.82) is 0 Å². The number of pyridine rings is 2. The third kappa shape index (κ3) is 11.1. The minimum Gasteiger partial charge on any atom is -0.479 e. The number of aryl methyl sites for hydroxylation is 2. The average molecular weight is 1160 g/mol. The summed E-state index contributed by atoms with van der Waals surface area (Å²) in [6.07, 6.45) is -5.82. The van der Waals surface area contributed by atoms with Crippen LogP contribution in [0.5, 0.6) is 17.2 Å². The number of aliphatic hydroxyl groups excluding tert-OH is 3. The first-order valence-corrected chi connectivity index (χ1v) is 27.1. The molecule has 2 aromatic carbocycles. The lowest BCUT2D eigenvalue weighted by atomic mass is 9.85. The van der Waals surface area contributed by atoms with Gasteiger partial charge in [0, 0.05) is 59.5 Å². The third-order valence-corrected chi connectivity index (χ3v) is 15.3. The van der Waals surface area contributed by atoms with Gasteiger partial charge in [-0.05, 0) is 55.5 Å². The number of nitrogens with zero attached hydrogens (tertiary/aromatic N) is 7. The van der Waals surface area contributed by atoms with Crippen LogP contribution < -0.4 is 18.7 Å². The summed E-state index contributed by atoms with van der Waals surface area (Å²) in [6, 6.07) is 5.56. The Morgan fingerprint density at radius 3 is 2.30 bits per heavy atom. The number of carbonyl (C=O) groups excluding carboxylic acids is 4. The fourth-order valence-electron chi connectivity index (χ4n) is 10.2. The van der Waals surface area contributed by atoms with Gasteiger partial charge >= 0.3 is 22.3 Å². The van der Waals surface area contributed by atoms with Gasteiger partial charge in [-0.25, -0.2) is 23.6 Å². The van der Waals surface area contributed by atoms with Gasteiger partial charge in [0.2, 0.25) is 6.29 Å². The van der Waals surface area contributed by atoms with E-state index in [0.717, 1.165) is 23.1 Å². The summed E-state index contributed by atoms with van der Waals surface area (Å²) in [4.78, 5) is 82.9. The van der Waals surface area contributed by atoms with Gasteiger partial charge < -0.3 is 71.8 Å². The molecule has 0 bridgehead atoms. The van der Waals surface area contributed by atoms with E-state index in [1.807, 2.05) is 0 Å². The molecule has 28 nitrogen and oxygen atoms in total. The molecular weight excluding hydrogens is 1110 g/mol. The SMILES string of the molecule is CC[C@@]1(O)C(=O)OCc2c1cc1n(c2=O)Cc2c-1nc1cc(F)c(OS(=O)(=O)Oc3cc(C(=O)N(C)CCOCCOCCOCCn4cc(CN5C(=O)C=CC5=O)nn4)ccc3OC3O[C@H](C(=O)O)[C@@H](O)[C@H](O)[C@H]3O)c3c1c2CCC3. The Labute approximate surface area is 464 Å². The van der Waals surface area contributed by atoms with E-state index in [-0.39, 0.29) is 112 Å². The van der Waals surface area contributed by atoms with Gasteiger partial charge in [0.25, 0.3) is 23.3 Å². The number of aliphatic carboxylic acids is 1. The molecule has 0 spiro atoms. The second-order valence-corrected chi connectivity index (χ2v) is 20.8. The number of hydrogen-bond acceptors (Lipinski definition) is 23. The van der Waals surface area contributed by atoms with Crippen molar-refractivity contribution < 1.29 is 99.1 Å². The highest BCUT2D eigenvalue weighted by atomic mass is 32.3. The number of esters is 1. The van der Waals surface area contributed by atoms with E-state index in [1.54, 1.807) is 13.1 Å². The molecule has 4 aliphatic heterocycles. The Morgan fingerprint density at radius 2 is 1.59 bits per heavy atom. The number of cyclic esters (lactones) is 1. The fourth-order valence-corrected chi connectivity index (χ4v) is 11.0. The number of hydrogen-bond donors (Lipinski definition) is 5. The maximum Gasteiger partial charge on any atom is 0.501 e. The van der Waals surface area contributed by atoms with Gasteiger partial charge in [-0.15, -0.1) is 13.5 Å². The Bertz CT molecular complexity index is 3590. The van der Waals surface area contributed by atoms with E-state index in [2.05, 4.69) is 10.3 Å². The molecule has 3 amide bonds. The molecule has 1 saturated heterocycles. The Balaban J connectivity index is 0.800. The number of likely N-dealkylation sites (N-methyl/N-ethyl adjacent to an activating group) is 1. The maximum atomic E-state index is 16.5. The standard InChI is InChI=1S/C52H54FN7O21S/c1-3-52(71)32-20-35-41-30(24-59(35)48(67)31(32)25-77-51(52)70)28-5-4-6-29-40(28)34(54-41)21-33(53)45(29)81-82(72,73)80-37-19-26(7-8-36(37)78-50-44(65)42(63)43(64)46(79-50)49(68)69)47(66)57(2)11-13-74-15-17-76-18-16-75-14-12-58-22-27(55-56-58)23-60-38(61)9-10-39(60)62/h7-10,19-22,42-44,46,50,63-65,71H,3-6,11-18,23-25H2,1-2H3,(H,68,69)/t42-,43-,44+,46-,50?,52-/m0/s1. The van der Waals surface area contributed by atoms with Crippen LogP contribution in [-0.4, -0.2) is 182 Å². The monoisotopic (exact) mass is 1160 g/mol. The van der Waals surface area contributed by atoms with Crippen molar-refractivity contribution in [3.8, 4) is 28.6 Å². The van der Waals surface area contributed by atoms with Crippen molar-refractivity contribution in [2.45, 2.75) is 95.2 Å². The van der Waals surface area contributed by atoms with E-state index >= 15 is 4.39 Å². The van der Waals surface area contributed by atoms with Crippen LogP contribution in [0.25, 0.3) is 22.3 Å². The van der Waals surface area contributed by atoms with E-state index < -0.39 is 105 Å². The van der Waals surface area contributed by atoms with Crippen molar-refractivity contribution in [2.75, 3.05) is 53.2 Å². The smallest absolute Gasteiger partial charge is 0.479 e. The zero-order valence-electron chi connectivity index (χ0n) is 43.8. The van der Waals surface area contributed by atoms with Crippen LogP contribution in [0.3, 0.4) is 0 Å². The van der Waals surface area contributed by atoms with Crippen LogP contribution in [0.1, 0.15) is 63.6 Å².